The van der Waals surface area contributed by atoms with Crippen LogP contribution in [0.25, 0.3) is 44.6 Å². The first-order valence-corrected chi connectivity index (χ1v) is 18.9. The Labute approximate surface area is 315 Å². The largest absolute Gasteiger partial charge is 0.378 e. The molecule has 1 aliphatic carbocycles. The van der Waals surface area contributed by atoms with Crippen LogP contribution in [0.4, 0.5) is 23.0 Å². The van der Waals surface area contributed by atoms with Gasteiger partial charge in [-0.2, -0.15) is 10.2 Å². The summed E-state index contributed by atoms with van der Waals surface area (Å²) in [6, 6.07) is 13.1. The molecule has 14 nitrogen and oxygen atoms in total. The van der Waals surface area contributed by atoms with Crippen molar-refractivity contribution in [3.63, 3.8) is 0 Å². The molecule has 9 rings (SSSR count). The van der Waals surface area contributed by atoms with Gasteiger partial charge in [-0.15, -0.1) is 0 Å². The zero-order valence-corrected chi connectivity index (χ0v) is 31.9. The molecule has 6 aromatic heterocycles. The van der Waals surface area contributed by atoms with Gasteiger partial charge in [0.15, 0.2) is 0 Å². The molecule has 2 N–H and O–H groups in total. The number of aromatic amines is 2. The molecular weight excluding hydrogens is 681 g/mol. The van der Waals surface area contributed by atoms with E-state index in [0.717, 1.165) is 115 Å². The Morgan fingerprint density at radius 1 is 0.685 bits per heavy atom. The number of hydrogen-bond acceptors (Lipinski definition) is 12. The van der Waals surface area contributed by atoms with Crippen LogP contribution in [0.3, 0.4) is 0 Å². The quantitative estimate of drug-likeness (QED) is 0.196. The van der Waals surface area contributed by atoms with E-state index in [0.29, 0.717) is 6.04 Å². The van der Waals surface area contributed by atoms with Crippen molar-refractivity contribution in [2.75, 3.05) is 92.8 Å². The SMILES string of the molecule is CN(CC(C)(C)C)c1cc(N2CCOCC2)nc2c(-c3ccn[nH]3)nccc12.CN(c1cc(N2CCOCC2)nc2c(-c3ccn[nH]3)nccc12)C1CC1. The summed E-state index contributed by atoms with van der Waals surface area (Å²) >= 11 is 0. The van der Waals surface area contributed by atoms with E-state index < -0.39 is 0 Å². The predicted molar refractivity (Wildman–Crippen MR) is 214 cm³/mol. The van der Waals surface area contributed by atoms with E-state index >= 15 is 0 Å². The third kappa shape index (κ3) is 7.66. The van der Waals surface area contributed by atoms with Gasteiger partial charge in [0, 0.05) is 112 Å². The average Bonchev–Trinajstić information content (AvgIpc) is 3.62. The van der Waals surface area contributed by atoms with Crippen molar-refractivity contribution in [1.82, 2.24) is 40.3 Å². The van der Waals surface area contributed by atoms with Crippen molar-refractivity contribution in [2.24, 2.45) is 5.41 Å². The molecule has 6 aromatic rings. The molecule has 8 heterocycles. The van der Waals surface area contributed by atoms with E-state index in [2.05, 4.69) is 109 Å². The molecule has 0 amide bonds. The van der Waals surface area contributed by atoms with Crippen LogP contribution in [0.2, 0.25) is 0 Å². The van der Waals surface area contributed by atoms with Gasteiger partial charge in [0.25, 0.3) is 0 Å². The van der Waals surface area contributed by atoms with Crippen LogP contribution in [0.1, 0.15) is 33.6 Å². The Morgan fingerprint density at radius 2 is 1.17 bits per heavy atom. The molecule has 14 heteroatoms. The number of nitrogens with one attached hydrogen (secondary N) is 2. The van der Waals surface area contributed by atoms with Crippen LogP contribution in [-0.2, 0) is 9.47 Å². The Morgan fingerprint density at radius 3 is 1.61 bits per heavy atom. The minimum atomic E-state index is 0.183. The molecule has 2 aliphatic heterocycles. The lowest BCUT2D eigenvalue weighted by molar-refractivity contribution is 0.122. The number of pyridine rings is 4. The number of nitrogens with zero attached hydrogens (tertiary/aromatic N) is 10. The van der Waals surface area contributed by atoms with Gasteiger partial charge >= 0.3 is 0 Å². The highest BCUT2D eigenvalue weighted by atomic mass is 16.5. The van der Waals surface area contributed by atoms with E-state index in [1.807, 2.05) is 24.5 Å². The van der Waals surface area contributed by atoms with E-state index in [4.69, 9.17) is 19.4 Å². The number of morpholine rings is 2. The topological polar surface area (TPSA) is 140 Å². The molecule has 0 spiro atoms. The molecule has 3 aliphatic rings. The fraction of sp³-hybridized carbons (Fsp3) is 0.450. The normalized spacial score (nSPS) is 16.4. The maximum Gasteiger partial charge on any atom is 0.131 e. The van der Waals surface area contributed by atoms with Crippen molar-refractivity contribution in [3.8, 4) is 22.8 Å². The number of H-pyrrole nitrogens is 2. The standard InChI is InChI=1S/C21H28N6O.C19H22N6O/c1-21(2,3)14-26(4)17-13-18(27-9-11-28-12-10-27)24-19-15(17)5-7-22-20(19)16-6-8-23-25-16;1-24(13-2-3-13)16-12-17(25-8-10-26-11-9-25)22-18-14(16)4-6-20-19(18)15-5-7-21-23-15/h5-8,13H,9-12,14H2,1-4H3,(H,23,25);4-7,12-13H,2-3,8-11H2,1H3,(H,21,23). The highest BCUT2D eigenvalue weighted by Crippen LogP contribution is 2.39. The molecule has 282 valence electrons. The first-order valence-electron chi connectivity index (χ1n) is 18.9. The summed E-state index contributed by atoms with van der Waals surface area (Å²) in [6.07, 6.45) is 9.71. The molecule has 1 saturated carbocycles. The number of fused-ring (bicyclic) bond motifs is 2. The third-order valence-corrected chi connectivity index (χ3v) is 10.2. The predicted octanol–water partition coefficient (Wildman–Crippen LogP) is 5.79. The summed E-state index contributed by atoms with van der Waals surface area (Å²) in [5.74, 6) is 1.97. The Balaban J connectivity index is 0.000000153. The first kappa shape index (κ1) is 35.7. The number of rotatable bonds is 8. The lowest BCUT2D eigenvalue weighted by atomic mass is 9.96. The molecule has 3 fully saturated rings. The van der Waals surface area contributed by atoms with Gasteiger partial charge in [-0.1, -0.05) is 20.8 Å². The average molecular weight is 731 g/mol. The first-order chi connectivity index (χ1) is 26.2. The molecule has 0 atom stereocenters. The van der Waals surface area contributed by atoms with Gasteiger partial charge in [0.1, 0.15) is 34.1 Å². The van der Waals surface area contributed by atoms with Crippen LogP contribution in [0.15, 0.2) is 61.2 Å². The summed E-state index contributed by atoms with van der Waals surface area (Å²) in [5.41, 5.74) is 7.84. The second-order valence-corrected chi connectivity index (χ2v) is 15.5. The molecule has 0 aromatic carbocycles. The fourth-order valence-corrected chi connectivity index (χ4v) is 7.38. The molecule has 2 saturated heterocycles. The second kappa shape index (κ2) is 15.2. The lowest BCUT2D eigenvalue weighted by Gasteiger charge is -2.32. The van der Waals surface area contributed by atoms with Crippen molar-refractivity contribution in [1.29, 1.82) is 0 Å². The summed E-state index contributed by atoms with van der Waals surface area (Å²) in [4.78, 5) is 28.6. The van der Waals surface area contributed by atoms with Crippen LogP contribution >= 0.6 is 0 Å². The monoisotopic (exact) mass is 730 g/mol. The zero-order valence-electron chi connectivity index (χ0n) is 31.9. The maximum atomic E-state index is 5.53. The number of hydrogen-bond donors (Lipinski definition) is 2. The lowest BCUT2D eigenvalue weighted by Crippen LogP contribution is -2.37. The molecule has 54 heavy (non-hydrogen) atoms. The zero-order chi connectivity index (χ0) is 37.2. The van der Waals surface area contributed by atoms with Crippen molar-refractivity contribution < 1.29 is 9.47 Å². The van der Waals surface area contributed by atoms with E-state index in [1.54, 1.807) is 12.4 Å². The highest BCUT2D eigenvalue weighted by molar-refractivity contribution is 6.01. The van der Waals surface area contributed by atoms with Crippen molar-refractivity contribution >= 4 is 44.8 Å². The molecule has 0 radical (unpaired) electrons. The van der Waals surface area contributed by atoms with Crippen LogP contribution in [0.5, 0.6) is 0 Å². The molecule has 0 unspecified atom stereocenters. The fourth-order valence-electron chi connectivity index (χ4n) is 7.38. The summed E-state index contributed by atoms with van der Waals surface area (Å²) < 4.78 is 11.0. The Kier molecular flexibility index (Phi) is 10.0. The van der Waals surface area contributed by atoms with E-state index in [1.165, 1.54) is 24.2 Å². The van der Waals surface area contributed by atoms with Crippen LogP contribution in [-0.4, -0.2) is 120 Å². The minimum absolute atomic E-state index is 0.183. The van der Waals surface area contributed by atoms with Gasteiger partial charge in [0.2, 0.25) is 0 Å². The minimum Gasteiger partial charge on any atom is -0.378 e. The number of ether oxygens (including phenoxy) is 2. The van der Waals surface area contributed by atoms with Crippen molar-refractivity contribution in [2.45, 2.75) is 39.7 Å². The Bertz CT molecular complexity index is 2170. The number of aromatic nitrogens is 8. The second-order valence-electron chi connectivity index (χ2n) is 15.5. The van der Waals surface area contributed by atoms with Gasteiger partial charge in [-0.25, -0.2) is 9.97 Å². The smallest absolute Gasteiger partial charge is 0.131 e. The van der Waals surface area contributed by atoms with Crippen LogP contribution in [0, 0.1) is 5.41 Å². The maximum absolute atomic E-state index is 5.53. The summed E-state index contributed by atoms with van der Waals surface area (Å²) in [5, 5.41) is 16.5. The van der Waals surface area contributed by atoms with Gasteiger partial charge < -0.3 is 29.1 Å². The highest BCUT2D eigenvalue weighted by Gasteiger charge is 2.29. The van der Waals surface area contributed by atoms with Gasteiger partial charge in [0.05, 0.1) is 37.8 Å². The summed E-state index contributed by atoms with van der Waals surface area (Å²) in [7, 11) is 4.34. The summed E-state index contributed by atoms with van der Waals surface area (Å²) in [6.45, 7) is 14.1. The Hall–Kier alpha value is -5.34. The molecule has 0 bridgehead atoms. The van der Waals surface area contributed by atoms with Crippen molar-refractivity contribution in [3.05, 3.63) is 61.2 Å². The van der Waals surface area contributed by atoms with E-state index in [9.17, 15) is 0 Å². The number of anilines is 4. The van der Waals surface area contributed by atoms with Gasteiger partial charge in [-0.3, -0.25) is 20.2 Å². The van der Waals surface area contributed by atoms with Crippen LogP contribution < -0.4 is 19.6 Å². The van der Waals surface area contributed by atoms with Gasteiger partial charge in [-0.05, 0) is 42.5 Å². The van der Waals surface area contributed by atoms with E-state index in [-0.39, 0.29) is 5.41 Å². The third-order valence-electron chi connectivity index (χ3n) is 10.2. The molecular formula is C40H50N12O2.